The molecule has 0 unspecified atom stereocenters. The van der Waals surface area contributed by atoms with Gasteiger partial charge in [0, 0.05) is 17.2 Å². The lowest BCUT2D eigenvalue weighted by Crippen LogP contribution is -2.26. The maximum absolute atomic E-state index is 11.7. The van der Waals surface area contributed by atoms with Crippen molar-refractivity contribution in [1.82, 2.24) is 9.97 Å². The van der Waals surface area contributed by atoms with Gasteiger partial charge in [0.2, 0.25) is 5.95 Å². The zero-order valence-electron chi connectivity index (χ0n) is 18.0. The quantitative estimate of drug-likeness (QED) is 0.424. The number of carboxylic acids is 1. The van der Waals surface area contributed by atoms with Crippen LogP contribution in [-0.4, -0.2) is 27.6 Å². The first-order chi connectivity index (χ1) is 15.5. The number of hydrogen-bond acceptors (Lipinski definition) is 5. The molecule has 1 atom stereocenters. The Morgan fingerprint density at radius 1 is 1.19 bits per heavy atom. The number of halogens is 1. The largest absolute Gasteiger partial charge is 0.487 e. The van der Waals surface area contributed by atoms with Crippen molar-refractivity contribution >= 4 is 27.8 Å². The van der Waals surface area contributed by atoms with E-state index in [1.807, 2.05) is 36.4 Å². The molecule has 1 aliphatic rings. The zero-order chi connectivity index (χ0) is 22.5. The summed E-state index contributed by atoms with van der Waals surface area (Å²) in [5.74, 6) is 0.173. The molecular weight excluding hydrogens is 470 g/mol. The van der Waals surface area contributed by atoms with Gasteiger partial charge >= 0.3 is 5.97 Å². The summed E-state index contributed by atoms with van der Waals surface area (Å²) in [7, 11) is 0. The van der Waals surface area contributed by atoms with Crippen LogP contribution in [0.15, 0.2) is 59.2 Å². The molecule has 32 heavy (non-hydrogen) atoms. The standard InChI is InChI=1S/C25H26BrN3O3/c1-2-4-17-6-12-20(13-7-17)32-16-22-21(24(30)31)15-27-25(28-22)29-14-3-5-23(29)18-8-10-19(26)11-9-18/h6-13,15,23H,2-5,14,16H2,1H3,(H,30,31)/t23-/m0/s1. The fourth-order valence-corrected chi connectivity index (χ4v) is 4.33. The molecular formula is C25H26BrN3O3. The summed E-state index contributed by atoms with van der Waals surface area (Å²) in [6, 6.07) is 16.3. The van der Waals surface area contributed by atoms with Crippen LogP contribution in [0.5, 0.6) is 5.75 Å². The summed E-state index contributed by atoms with van der Waals surface area (Å²) < 4.78 is 6.92. The number of aryl methyl sites for hydroxylation is 1. The molecule has 1 fully saturated rings. The molecule has 0 bridgehead atoms. The maximum atomic E-state index is 11.7. The van der Waals surface area contributed by atoms with Crippen molar-refractivity contribution in [2.24, 2.45) is 0 Å². The van der Waals surface area contributed by atoms with E-state index in [0.29, 0.717) is 17.4 Å². The van der Waals surface area contributed by atoms with Gasteiger partial charge < -0.3 is 14.7 Å². The number of benzene rings is 2. The first kappa shape index (κ1) is 22.3. The molecule has 1 N–H and O–H groups in total. The molecule has 4 rings (SSSR count). The Morgan fingerprint density at radius 3 is 2.62 bits per heavy atom. The van der Waals surface area contributed by atoms with Crippen molar-refractivity contribution in [3.8, 4) is 5.75 Å². The predicted octanol–water partition coefficient (Wildman–Crippen LogP) is 5.81. The van der Waals surface area contributed by atoms with Crippen molar-refractivity contribution in [2.45, 2.75) is 45.3 Å². The SMILES string of the molecule is CCCc1ccc(OCc2nc(N3CCC[C@H]3c3ccc(Br)cc3)ncc2C(=O)O)cc1. The minimum Gasteiger partial charge on any atom is -0.487 e. The van der Waals surface area contributed by atoms with Crippen LogP contribution in [0.1, 0.15) is 59.4 Å². The topological polar surface area (TPSA) is 75.5 Å². The highest BCUT2D eigenvalue weighted by Crippen LogP contribution is 2.35. The molecule has 2 heterocycles. The Bertz CT molecular complexity index is 1070. The van der Waals surface area contributed by atoms with Crippen LogP contribution in [-0.2, 0) is 13.0 Å². The van der Waals surface area contributed by atoms with Gasteiger partial charge in [-0.25, -0.2) is 14.8 Å². The van der Waals surface area contributed by atoms with Gasteiger partial charge in [-0.1, -0.05) is 53.5 Å². The first-order valence-electron chi connectivity index (χ1n) is 10.9. The molecule has 7 heteroatoms. The Hall–Kier alpha value is -2.93. The van der Waals surface area contributed by atoms with Gasteiger partial charge in [0.1, 0.15) is 17.9 Å². The third-order valence-electron chi connectivity index (χ3n) is 5.69. The highest BCUT2D eigenvalue weighted by atomic mass is 79.9. The number of aromatic carboxylic acids is 1. The van der Waals surface area contributed by atoms with E-state index in [9.17, 15) is 9.90 Å². The molecule has 0 amide bonds. The molecule has 0 spiro atoms. The number of anilines is 1. The second-order valence-electron chi connectivity index (χ2n) is 7.92. The highest BCUT2D eigenvalue weighted by Gasteiger charge is 2.29. The van der Waals surface area contributed by atoms with Crippen LogP contribution in [0.2, 0.25) is 0 Å². The van der Waals surface area contributed by atoms with Crippen molar-refractivity contribution in [2.75, 3.05) is 11.4 Å². The van der Waals surface area contributed by atoms with E-state index in [4.69, 9.17) is 4.74 Å². The molecule has 166 valence electrons. The summed E-state index contributed by atoms with van der Waals surface area (Å²) in [4.78, 5) is 22.9. The molecule has 1 aromatic heterocycles. The molecule has 1 aliphatic heterocycles. The summed E-state index contributed by atoms with van der Waals surface area (Å²) in [5.41, 5.74) is 2.89. The van der Waals surface area contributed by atoms with Crippen molar-refractivity contribution < 1.29 is 14.6 Å². The second kappa shape index (κ2) is 10.1. The number of rotatable bonds is 8. The number of hydrogen-bond donors (Lipinski definition) is 1. The molecule has 1 saturated heterocycles. The van der Waals surface area contributed by atoms with E-state index in [1.165, 1.54) is 17.3 Å². The van der Waals surface area contributed by atoms with Crippen LogP contribution in [0.3, 0.4) is 0 Å². The van der Waals surface area contributed by atoms with E-state index in [-0.39, 0.29) is 18.2 Å². The lowest BCUT2D eigenvalue weighted by atomic mass is 10.1. The third-order valence-corrected chi connectivity index (χ3v) is 6.22. The summed E-state index contributed by atoms with van der Waals surface area (Å²) in [5, 5.41) is 9.62. The van der Waals surface area contributed by atoms with Gasteiger partial charge in [-0.3, -0.25) is 0 Å². The first-order valence-corrected chi connectivity index (χ1v) is 11.7. The monoisotopic (exact) mass is 495 g/mol. The van der Waals surface area contributed by atoms with Crippen LogP contribution in [0.25, 0.3) is 0 Å². The molecule has 0 saturated carbocycles. The van der Waals surface area contributed by atoms with Gasteiger partial charge in [0.25, 0.3) is 0 Å². The van der Waals surface area contributed by atoms with E-state index in [0.717, 1.165) is 36.7 Å². The molecule has 0 radical (unpaired) electrons. The van der Waals surface area contributed by atoms with Gasteiger partial charge in [0.05, 0.1) is 11.7 Å². The fourth-order valence-electron chi connectivity index (χ4n) is 4.06. The van der Waals surface area contributed by atoms with Gasteiger partial charge in [-0.2, -0.15) is 0 Å². The number of carboxylic acid groups (broad SMARTS) is 1. The Balaban J connectivity index is 1.56. The van der Waals surface area contributed by atoms with Gasteiger partial charge in [-0.05, 0) is 54.7 Å². The summed E-state index contributed by atoms with van der Waals surface area (Å²) in [6.07, 6.45) is 5.53. The molecule has 0 aliphatic carbocycles. The maximum Gasteiger partial charge on any atom is 0.339 e. The van der Waals surface area contributed by atoms with Gasteiger partial charge in [-0.15, -0.1) is 0 Å². The second-order valence-corrected chi connectivity index (χ2v) is 8.84. The number of carbonyl (C=O) groups is 1. The highest BCUT2D eigenvalue weighted by molar-refractivity contribution is 9.10. The van der Waals surface area contributed by atoms with E-state index >= 15 is 0 Å². The van der Waals surface area contributed by atoms with Gasteiger partial charge in [0.15, 0.2) is 0 Å². The number of aromatic nitrogens is 2. The Kier molecular flexibility index (Phi) is 7.05. The minimum atomic E-state index is -1.06. The van der Waals surface area contributed by atoms with Crippen LogP contribution >= 0.6 is 15.9 Å². The minimum absolute atomic E-state index is 0.0655. The molecule has 3 aromatic rings. The summed E-state index contributed by atoms with van der Waals surface area (Å²) >= 11 is 3.49. The van der Waals surface area contributed by atoms with Crippen molar-refractivity contribution in [1.29, 1.82) is 0 Å². The summed E-state index contributed by atoms with van der Waals surface area (Å²) in [6.45, 7) is 3.04. The Labute approximate surface area is 196 Å². The van der Waals surface area contributed by atoms with Crippen molar-refractivity contribution in [3.63, 3.8) is 0 Å². The molecule has 6 nitrogen and oxygen atoms in total. The van der Waals surface area contributed by atoms with E-state index < -0.39 is 5.97 Å². The normalized spacial score (nSPS) is 15.7. The zero-order valence-corrected chi connectivity index (χ0v) is 19.6. The van der Waals surface area contributed by atoms with E-state index in [1.54, 1.807) is 0 Å². The average molecular weight is 496 g/mol. The lowest BCUT2D eigenvalue weighted by molar-refractivity contribution is 0.0692. The third kappa shape index (κ3) is 5.10. The fraction of sp³-hybridized carbons (Fsp3) is 0.320. The van der Waals surface area contributed by atoms with Crippen LogP contribution in [0.4, 0.5) is 5.95 Å². The Morgan fingerprint density at radius 2 is 1.94 bits per heavy atom. The van der Waals surface area contributed by atoms with Crippen LogP contribution in [0, 0.1) is 0 Å². The predicted molar refractivity (Wildman–Crippen MR) is 127 cm³/mol. The van der Waals surface area contributed by atoms with E-state index in [2.05, 4.69) is 49.9 Å². The number of ether oxygens (including phenoxy) is 1. The lowest BCUT2D eigenvalue weighted by Gasteiger charge is -2.25. The average Bonchev–Trinajstić information content (AvgIpc) is 3.29. The number of nitrogens with zero attached hydrogens (tertiary/aromatic N) is 3. The molecule has 2 aromatic carbocycles. The van der Waals surface area contributed by atoms with Crippen LogP contribution < -0.4 is 9.64 Å². The smallest absolute Gasteiger partial charge is 0.339 e. The van der Waals surface area contributed by atoms with Crippen molar-refractivity contribution in [3.05, 3.63) is 81.6 Å².